The second kappa shape index (κ2) is 7.32. The highest BCUT2D eigenvalue weighted by atomic mass is 19.1. The van der Waals surface area contributed by atoms with E-state index in [1.807, 2.05) is 41.2 Å². The molecule has 0 aliphatic rings. The second-order valence-electron chi connectivity index (χ2n) is 5.82. The molecule has 128 valence electrons. The first-order valence-electron chi connectivity index (χ1n) is 8.03. The summed E-state index contributed by atoms with van der Waals surface area (Å²) < 4.78 is 15.9. The Morgan fingerprint density at radius 1 is 1.04 bits per heavy atom. The van der Waals surface area contributed by atoms with Gasteiger partial charge in [-0.15, -0.1) is 0 Å². The quantitative estimate of drug-likeness (QED) is 0.748. The summed E-state index contributed by atoms with van der Waals surface area (Å²) in [6.07, 6.45) is 2.74. The molecule has 0 fully saturated rings. The number of carbonyl (C=O) groups excluding carboxylic acids is 1. The number of aliphatic hydroxyl groups excluding tert-OH is 1. The van der Waals surface area contributed by atoms with Gasteiger partial charge in [0.25, 0.3) is 5.91 Å². The standard InChI is InChI=1S/C20H19FN2O2/c1-14(24)19(15-8-2-4-10-17(15)21)22-20(25)16-9-3-5-11-18(16)23-12-6-7-13-23/h2-14,19,24H,1H3,(H,22,25). The molecule has 0 aliphatic carbocycles. The van der Waals surface area contributed by atoms with Crippen LogP contribution in [0.25, 0.3) is 5.69 Å². The lowest BCUT2D eigenvalue weighted by Crippen LogP contribution is -2.36. The van der Waals surface area contributed by atoms with Crippen molar-refractivity contribution >= 4 is 5.91 Å². The van der Waals surface area contributed by atoms with Crippen LogP contribution in [0.1, 0.15) is 28.9 Å². The SMILES string of the molecule is CC(O)C(NC(=O)c1ccccc1-n1cccc1)c1ccccc1F. The lowest BCUT2D eigenvalue weighted by Gasteiger charge is -2.23. The van der Waals surface area contributed by atoms with E-state index < -0.39 is 18.0 Å². The number of amides is 1. The largest absolute Gasteiger partial charge is 0.391 e. The number of hydrogen-bond donors (Lipinski definition) is 2. The zero-order chi connectivity index (χ0) is 17.8. The summed E-state index contributed by atoms with van der Waals surface area (Å²) in [5.41, 5.74) is 1.41. The van der Waals surface area contributed by atoms with E-state index in [2.05, 4.69) is 5.32 Å². The molecule has 5 heteroatoms. The van der Waals surface area contributed by atoms with Crippen LogP contribution in [-0.4, -0.2) is 21.7 Å². The number of hydrogen-bond acceptors (Lipinski definition) is 2. The molecule has 0 saturated carbocycles. The molecule has 3 rings (SSSR count). The van der Waals surface area contributed by atoms with Crippen LogP contribution in [0.3, 0.4) is 0 Å². The first kappa shape index (κ1) is 16.9. The van der Waals surface area contributed by atoms with Gasteiger partial charge < -0.3 is 15.0 Å². The number of halogens is 1. The van der Waals surface area contributed by atoms with Gasteiger partial charge in [0.2, 0.25) is 0 Å². The minimum absolute atomic E-state index is 0.254. The van der Waals surface area contributed by atoms with E-state index in [0.717, 1.165) is 0 Å². The molecular weight excluding hydrogens is 319 g/mol. The van der Waals surface area contributed by atoms with Crippen LogP contribution in [0, 0.1) is 5.82 Å². The molecule has 0 spiro atoms. The molecule has 0 radical (unpaired) electrons. The average Bonchev–Trinajstić information content (AvgIpc) is 3.14. The number of para-hydroxylation sites is 1. The fourth-order valence-corrected chi connectivity index (χ4v) is 2.79. The van der Waals surface area contributed by atoms with Crippen LogP contribution in [-0.2, 0) is 0 Å². The third-order valence-corrected chi connectivity index (χ3v) is 4.04. The second-order valence-corrected chi connectivity index (χ2v) is 5.82. The number of benzene rings is 2. The molecule has 2 unspecified atom stereocenters. The van der Waals surface area contributed by atoms with E-state index in [1.165, 1.54) is 13.0 Å². The third kappa shape index (κ3) is 3.61. The van der Waals surface area contributed by atoms with Crippen LogP contribution in [0.15, 0.2) is 73.1 Å². The summed E-state index contributed by atoms with van der Waals surface area (Å²) in [6.45, 7) is 1.52. The van der Waals surface area contributed by atoms with Gasteiger partial charge in [0.15, 0.2) is 0 Å². The van der Waals surface area contributed by atoms with Gasteiger partial charge in [0.05, 0.1) is 23.4 Å². The molecule has 2 N–H and O–H groups in total. The molecule has 1 amide bonds. The van der Waals surface area contributed by atoms with Gasteiger partial charge in [-0.2, -0.15) is 0 Å². The summed E-state index contributed by atoms with van der Waals surface area (Å²) >= 11 is 0. The van der Waals surface area contributed by atoms with Crippen LogP contribution >= 0.6 is 0 Å². The van der Waals surface area contributed by atoms with Crippen molar-refractivity contribution < 1.29 is 14.3 Å². The normalized spacial score (nSPS) is 13.2. The van der Waals surface area contributed by atoms with Crippen molar-refractivity contribution in [1.82, 2.24) is 9.88 Å². The Bertz CT molecular complexity index is 860. The predicted octanol–water partition coefficient (Wildman–Crippen LogP) is 3.47. The predicted molar refractivity (Wildman–Crippen MR) is 94.1 cm³/mol. The molecule has 2 atom stereocenters. The van der Waals surface area contributed by atoms with E-state index >= 15 is 0 Å². The molecule has 1 heterocycles. The van der Waals surface area contributed by atoms with E-state index in [0.29, 0.717) is 11.3 Å². The van der Waals surface area contributed by atoms with Gasteiger partial charge in [-0.25, -0.2) is 4.39 Å². The van der Waals surface area contributed by atoms with Crippen molar-refractivity contribution in [2.24, 2.45) is 0 Å². The summed E-state index contributed by atoms with van der Waals surface area (Å²) in [5.74, 6) is -0.842. The molecular formula is C20H19FN2O2. The monoisotopic (exact) mass is 338 g/mol. The first-order chi connectivity index (χ1) is 12.1. The molecule has 0 aliphatic heterocycles. The van der Waals surface area contributed by atoms with Gasteiger partial charge in [0.1, 0.15) is 5.82 Å². The van der Waals surface area contributed by atoms with Crippen molar-refractivity contribution in [2.45, 2.75) is 19.1 Å². The Balaban J connectivity index is 1.92. The van der Waals surface area contributed by atoms with Gasteiger partial charge in [-0.3, -0.25) is 4.79 Å². The fraction of sp³-hybridized carbons (Fsp3) is 0.150. The number of nitrogens with one attached hydrogen (secondary N) is 1. The van der Waals surface area contributed by atoms with Gasteiger partial charge in [-0.1, -0.05) is 30.3 Å². The van der Waals surface area contributed by atoms with Crippen LogP contribution in [0.2, 0.25) is 0 Å². The van der Waals surface area contributed by atoms with Crippen molar-refractivity contribution in [2.75, 3.05) is 0 Å². The Labute approximate surface area is 145 Å². The Hall–Kier alpha value is -2.92. The minimum Gasteiger partial charge on any atom is -0.391 e. The zero-order valence-corrected chi connectivity index (χ0v) is 13.8. The van der Waals surface area contributed by atoms with Crippen molar-refractivity contribution in [3.63, 3.8) is 0 Å². The summed E-state index contributed by atoms with van der Waals surface area (Å²) in [6, 6.07) is 16.1. The zero-order valence-electron chi connectivity index (χ0n) is 13.8. The summed E-state index contributed by atoms with van der Waals surface area (Å²) in [7, 11) is 0. The number of rotatable bonds is 5. The maximum atomic E-state index is 14.1. The Morgan fingerprint density at radius 3 is 2.36 bits per heavy atom. The number of nitrogens with zero attached hydrogens (tertiary/aromatic N) is 1. The number of aliphatic hydroxyl groups is 1. The molecule has 1 aromatic heterocycles. The van der Waals surface area contributed by atoms with Crippen LogP contribution in [0.4, 0.5) is 4.39 Å². The minimum atomic E-state index is -0.945. The van der Waals surface area contributed by atoms with Gasteiger partial charge in [0, 0.05) is 18.0 Å². The lowest BCUT2D eigenvalue weighted by atomic mass is 10.0. The topological polar surface area (TPSA) is 54.3 Å². The van der Waals surface area contributed by atoms with Gasteiger partial charge in [-0.05, 0) is 37.3 Å². The maximum absolute atomic E-state index is 14.1. The Kier molecular flexibility index (Phi) is 4.95. The number of aromatic nitrogens is 1. The number of carbonyl (C=O) groups is 1. The highest BCUT2D eigenvalue weighted by Crippen LogP contribution is 2.22. The van der Waals surface area contributed by atoms with E-state index in [-0.39, 0.29) is 11.5 Å². The highest BCUT2D eigenvalue weighted by Gasteiger charge is 2.24. The van der Waals surface area contributed by atoms with Crippen molar-refractivity contribution in [1.29, 1.82) is 0 Å². The van der Waals surface area contributed by atoms with Crippen LogP contribution in [0.5, 0.6) is 0 Å². The lowest BCUT2D eigenvalue weighted by molar-refractivity contribution is 0.0855. The first-order valence-corrected chi connectivity index (χ1v) is 8.03. The van der Waals surface area contributed by atoms with Gasteiger partial charge >= 0.3 is 0 Å². The van der Waals surface area contributed by atoms with E-state index in [9.17, 15) is 14.3 Å². The smallest absolute Gasteiger partial charge is 0.253 e. The highest BCUT2D eigenvalue weighted by molar-refractivity contribution is 5.98. The molecule has 3 aromatic rings. The summed E-state index contributed by atoms with van der Waals surface area (Å²) in [4.78, 5) is 12.8. The molecule has 2 aromatic carbocycles. The fourth-order valence-electron chi connectivity index (χ4n) is 2.79. The third-order valence-electron chi connectivity index (χ3n) is 4.04. The van der Waals surface area contributed by atoms with Crippen molar-refractivity contribution in [3.05, 3.63) is 90.0 Å². The van der Waals surface area contributed by atoms with Crippen molar-refractivity contribution in [3.8, 4) is 5.69 Å². The molecule has 0 bridgehead atoms. The summed E-state index contributed by atoms with van der Waals surface area (Å²) in [5, 5.41) is 12.8. The maximum Gasteiger partial charge on any atom is 0.253 e. The molecule has 4 nitrogen and oxygen atoms in total. The van der Waals surface area contributed by atoms with Crippen LogP contribution < -0.4 is 5.32 Å². The molecule has 25 heavy (non-hydrogen) atoms. The van der Waals surface area contributed by atoms with E-state index in [1.54, 1.807) is 30.3 Å². The molecule has 0 saturated heterocycles. The van der Waals surface area contributed by atoms with E-state index in [4.69, 9.17) is 0 Å². The Morgan fingerprint density at radius 2 is 1.68 bits per heavy atom. The average molecular weight is 338 g/mol.